The van der Waals surface area contributed by atoms with Gasteiger partial charge in [0.2, 0.25) is 0 Å². The summed E-state index contributed by atoms with van der Waals surface area (Å²) >= 11 is 0. The monoisotopic (exact) mass is 503 g/mol. The van der Waals surface area contributed by atoms with E-state index in [0.29, 0.717) is 28.4 Å². The van der Waals surface area contributed by atoms with E-state index >= 15 is 0 Å². The van der Waals surface area contributed by atoms with Crippen molar-refractivity contribution in [2.24, 2.45) is 0 Å². The van der Waals surface area contributed by atoms with E-state index in [1.165, 1.54) is 44.4 Å². The summed E-state index contributed by atoms with van der Waals surface area (Å²) in [5, 5.41) is 20.5. The molecule has 3 aromatic carbocycles. The van der Waals surface area contributed by atoms with Crippen LogP contribution >= 0.6 is 0 Å². The second kappa shape index (κ2) is 10.4. The molecule has 37 heavy (non-hydrogen) atoms. The lowest BCUT2D eigenvalue weighted by Crippen LogP contribution is -2.29. The third-order valence-electron chi connectivity index (χ3n) is 6.18. The van der Waals surface area contributed by atoms with Crippen LogP contribution < -0.4 is 14.2 Å². The van der Waals surface area contributed by atoms with Gasteiger partial charge in [-0.1, -0.05) is 30.3 Å². The van der Waals surface area contributed by atoms with Crippen molar-refractivity contribution in [3.8, 4) is 17.2 Å². The van der Waals surface area contributed by atoms with Crippen molar-refractivity contribution in [3.05, 3.63) is 94.6 Å². The van der Waals surface area contributed by atoms with Crippen LogP contribution in [0.15, 0.2) is 72.3 Å². The number of benzene rings is 3. The number of aliphatic hydroxyl groups is 1. The number of methoxy groups -OCH3 is 3. The Balaban J connectivity index is 1.87. The second-order valence-electron chi connectivity index (χ2n) is 8.24. The highest BCUT2D eigenvalue weighted by molar-refractivity contribution is 6.46. The number of carbonyl (C=O) groups is 3. The molecule has 1 atom stereocenters. The van der Waals surface area contributed by atoms with E-state index in [1.807, 2.05) is 0 Å². The molecule has 0 saturated carbocycles. The van der Waals surface area contributed by atoms with E-state index in [2.05, 4.69) is 0 Å². The number of aliphatic hydroxyl groups excluding tert-OH is 1. The first-order chi connectivity index (χ1) is 17.8. The van der Waals surface area contributed by atoms with Gasteiger partial charge in [-0.25, -0.2) is 4.79 Å². The molecular weight excluding hydrogens is 478 g/mol. The van der Waals surface area contributed by atoms with Crippen LogP contribution in [0.5, 0.6) is 17.2 Å². The molecule has 4 rings (SSSR count). The Morgan fingerprint density at radius 1 is 0.811 bits per heavy atom. The van der Waals surface area contributed by atoms with E-state index in [1.54, 1.807) is 48.5 Å². The number of amides is 1. The summed E-state index contributed by atoms with van der Waals surface area (Å²) in [4.78, 5) is 39.2. The molecule has 0 radical (unpaired) electrons. The fraction of sp³-hybridized carbons (Fsp3) is 0.179. The molecule has 1 heterocycles. The summed E-state index contributed by atoms with van der Waals surface area (Å²) in [5.74, 6) is -1.90. The number of ether oxygens (including phenoxy) is 3. The molecule has 1 aliphatic rings. The molecule has 1 amide bonds. The van der Waals surface area contributed by atoms with Gasteiger partial charge in [0.05, 0.1) is 38.5 Å². The van der Waals surface area contributed by atoms with Crippen molar-refractivity contribution >= 4 is 23.4 Å². The van der Waals surface area contributed by atoms with Gasteiger partial charge in [0.1, 0.15) is 11.5 Å². The van der Waals surface area contributed by atoms with Gasteiger partial charge in [-0.05, 0) is 42.0 Å². The fourth-order valence-electron chi connectivity index (χ4n) is 4.35. The Kier molecular flexibility index (Phi) is 7.15. The largest absolute Gasteiger partial charge is 0.507 e. The molecule has 2 N–H and O–H groups in total. The van der Waals surface area contributed by atoms with Crippen LogP contribution in [0, 0.1) is 0 Å². The summed E-state index contributed by atoms with van der Waals surface area (Å²) in [6.45, 7) is -0.00407. The average molecular weight is 504 g/mol. The lowest BCUT2D eigenvalue weighted by atomic mass is 9.94. The van der Waals surface area contributed by atoms with Crippen LogP contribution in [0.1, 0.15) is 33.1 Å². The number of hydrogen-bond acceptors (Lipinski definition) is 7. The lowest BCUT2D eigenvalue weighted by molar-refractivity contribution is -0.140. The lowest BCUT2D eigenvalue weighted by Gasteiger charge is -2.26. The van der Waals surface area contributed by atoms with E-state index in [0.717, 1.165) is 0 Å². The predicted octanol–water partition coefficient (Wildman–Crippen LogP) is 4.03. The number of carboxylic acids is 1. The van der Waals surface area contributed by atoms with Crippen LogP contribution in [0.2, 0.25) is 0 Å². The first kappa shape index (κ1) is 25.3. The van der Waals surface area contributed by atoms with E-state index < -0.39 is 23.7 Å². The standard InChI is InChI=1S/C28H25NO8/c1-35-20-7-5-4-6-19(20)24-23(25(30)18-12-13-21(36-2)22(14-18)37-3)26(31)27(32)29(24)15-16-8-10-17(11-9-16)28(33)34/h4-14,24,30H,15H2,1-3H3,(H,33,34)/b25-23+. The summed E-state index contributed by atoms with van der Waals surface area (Å²) in [7, 11) is 4.41. The molecule has 0 aliphatic carbocycles. The number of ketones is 1. The molecule has 1 aliphatic heterocycles. The van der Waals surface area contributed by atoms with Crippen LogP contribution in [0.4, 0.5) is 0 Å². The number of likely N-dealkylation sites (tertiary alicyclic amines) is 1. The normalized spacial score (nSPS) is 16.5. The van der Waals surface area contributed by atoms with Gasteiger partial charge in [-0.2, -0.15) is 0 Å². The molecule has 190 valence electrons. The van der Waals surface area contributed by atoms with Crippen molar-refractivity contribution < 1.29 is 38.8 Å². The van der Waals surface area contributed by atoms with Gasteiger partial charge >= 0.3 is 5.97 Å². The van der Waals surface area contributed by atoms with Gasteiger partial charge in [0.15, 0.2) is 11.5 Å². The number of hydrogen-bond donors (Lipinski definition) is 2. The highest BCUT2D eigenvalue weighted by Gasteiger charge is 2.47. The second-order valence-corrected chi connectivity index (χ2v) is 8.24. The molecule has 0 aromatic heterocycles. The van der Waals surface area contributed by atoms with Crippen LogP contribution in [0.3, 0.4) is 0 Å². The number of nitrogens with zero attached hydrogens (tertiary/aromatic N) is 1. The first-order valence-corrected chi connectivity index (χ1v) is 11.3. The highest BCUT2D eigenvalue weighted by Crippen LogP contribution is 2.44. The Labute approximate surface area is 213 Å². The maximum atomic E-state index is 13.3. The Morgan fingerprint density at radius 3 is 2.05 bits per heavy atom. The van der Waals surface area contributed by atoms with Crippen molar-refractivity contribution in [1.82, 2.24) is 4.90 Å². The number of carbonyl (C=O) groups excluding carboxylic acids is 2. The van der Waals surface area contributed by atoms with Crippen LogP contribution in [-0.2, 0) is 16.1 Å². The molecule has 1 unspecified atom stereocenters. The maximum Gasteiger partial charge on any atom is 0.335 e. The Morgan fingerprint density at radius 2 is 1.43 bits per heavy atom. The minimum atomic E-state index is -1.07. The van der Waals surface area contributed by atoms with Crippen molar-refractivity contribution in [2.75, 3.05) is 21.3 Å². The fourth-order valence-corrected chi connectivity index (χ4v) is 4.35. The molecule has 0 bridgehead atoms. The van der Waals surface area contributed by atoms with E-state index in [4.69, 9.17) is 14.2 Å². The summed E-state index contributed by atoms with van der Waals surface area (Å²) < 4.78 is 16.1. The van der Waals surface area contributed by atoms with Crippen molar-refractivity contribution in [3.63, 3.8) is 0 Å². The van der Waals surface area contributed by atoms with Gasteiger partial charge < -0.3 is 29.3 Å². The zero-order valence-electron chi connectivity index (χ0n) is 20.4. The molecule has 3 aromatic rings. The molecule has 0 spiro atoms. The molecule has 9 nitrogen and oxygen atoms in total. The zero-order valence-corrected chi connectivity index (χ0v) is 20.4. The maximum absolute atomic E-state index is 13.3. The third-order valence-corrected chi connectivity index (χ3v) is 6.18. The minimum Gasteiger partial charge on any atom is -0.507 e. The SMILES string of the molecule is COc1ccc(/C(O)=C2\C(=O)C(=O)N(Cc3ccc(C(=O)O)cc3)C2c2ccccc2OC)cc1OC. The number of aromatic carboxylic acids is 1. The van der Waals surface area contributed by atoms with E-state index in [9.17, 15) is 24.6 Å². The quantitative estimate of drug-likeness (QED) is 0.268. The molecule has 1 saturated heterocycles. The summed E-state index contributed by atoms with van der Waals surface area (Å²) in [5.41, 5.74) is 1.37. The topological polar surface area (TPSA) is 123 Å². The van der Waals surface area contributed by atoms with Gasteiger partial charge in [-0.15, -0.1) is 0 Å². The molecule has 9 heteroatoms. The Hall–Kier alpha value is -4.79. The highest BCUT2D eigenvalue weighted by atomic mass is 16.5. The smallest absolute Gasteiger partial charge is 0.335 e. The van der Waals surface area contributed by atoms with E-state index in [-0.39, 0.29) is 29.0 Å². The summed E-state index contributed by atoms with van der Waals surface area (Å²) in [6.07, 6.45) is 0. The molecule has 1 fully saturated rings. The minimum absolute atomic E-state index is 0.00407. The predicted molar refractivity (Wildman–Crippen MR) is 134 cm³/mol. The van der Waals surface area contributed by atoms with Gasteiger partial charge in [0.25, 0.3) is 11.7 Å². The first-order valence-electron chi connectivity index (χ1n) is 11.3. The van der Waals surface area contributed by atoms with Crippen LogP contribution in [0.25, 0.3) is 5.76 Å². The van der Waals surface area contributed by atoms with Crippen LogP contribution in [-0.4, -0.2) is 54.1 Å². The number of para-hydroxylation sites is 1. The van der Waals surface area contributed by atoms with Gasteiger partial charge in [-0.3, -0.25) is 9.59 Å². The number of carboxylic acid groups (broad SMARTS) is 1. The van der Waals surface area contributed by atoms with Crippen molar-refractivity contribution in [1.29, 1.82) is 0 Å². The zero-order chi connectivity index (χ0) is 26.7. The average Bonchev–Trinajstić information content (AvgIpc) is 3.17. The molecular formula is C28H25NO8. The Bertz CT molecular complexity index is 1390. The van der Waals surface area contributed by atoms with Crippen molar-refractivity contribution in [2.45, 2.75) is 12.6 Å². The number of rotatable bonds is 8. The van der Waals surface area contributed by atoms with Gasteiger partial charge in [0, 0.05) is 17.7 Å². The summed E-state index contributed by atoms with van der Waals surface area (Å²) in [6, 6.07) is 16.6. The third kappa shape index (κ3) is 4.71. The number of Topliss-reactive ketones (excluding diaryl/α,β-unsaturated/α-hetero) is 1.